The van der Waals surface area contributed by atoms with Gasteiger partial charge in [0.1, 0.15) is 0 Å². The third-order valence-corrected chi connectivity index (χ3v) is 4.98. The van der Waals surface area contributed by atoms with E-state index in [1.165, 1.54) is 31.4 Å². The van der Waals surface area contributed by atoms with Gasteiger partial charge in [0.05, 0.1) is 0 Å². The largest absolute Gasteiger partial charge is 0.326 e. The number of H-pyrrole nitrogens is 1. The van der Waals surface area contributed by atoms with E-state index < -0.39 is 0 Å². The van der Waals surface area contributed by atoms with Crippen LogP contribution < -0.4 is 10.9 Å². The van der Waals surface area contributed by atoms with E-state index in [0.717, 1.165) is 18.5 Å². The summed E-state index contributed by atoms with van der Waals surface area (Å²) in [5.41, 5.74) is 2.47. The molecule has 0 saturated carbocycles. The van der Waals surface area contributed by atoms with Gasteiger partial charge in [0.15, 0.2) is 0 Å². The van der Waals surface area contributed by atoms with Crippen LogP contribution in [0, 0.1) is 0 Å². The van der Waals surface area contributed by atoms with Gasteiger partial charge >= 0.3 is 0 Å². The van der Waals surface area contributed by atoms with Gasteiger partial charge < -0.3 is 15.2 Å². The highest BCUT2D eigenvalue weighted by atomic mass is 16.1. The number of aryl methyl sites for hydroxylation is 1. The van der Waals surface area contributed by atoms with Gasteiger partial charge in [-0.05, 0) is 58.2 Å². The van der Waals surface area contributed by atoms with Crippen LogP contribution in [0.4, 0.5) is 0 Å². The lowest BCUT2D eigenvalue weighted by atomic mass is 9.89. The molecule has 0 spiro atoms. The molecule has 3 atom stereocenters. The highest BCUT2D eigenvalue weighted by molar-refractivity contribution is 5.26. The molecule has 0 amide bonds. The van der Waals surface area contributed by atoms with Crippen LogP contribution >= 0.6 is 0 Å². The van der Waals surface area contributed by atoms with Crippen LogP contribution in [0.25, 0.3) is 0 Å². The second-order valence-corrected chi connectivity index (χ2v) is 6.42. The summed E-state index contributed by atoms with van der Waals surface area (Å²) in [6.45, 7) is 3.48. The quantitative estimate of drug-likeness (QED) is 0.865. The molecule has 0 bridgehead atoms. The minimum Gasteiger partial charge on any atom is -0.326 e. The molecule has 3 unspecified atom stereocenters. The Bertz CT molecular complexity index is 525. The van der Waals surface area contributed by atoms with E-state index in [0.29, 0.717) is 18.1 Å². The molecule has 0 aromatic carbocycles. The maximum Gasteiger partial charge on any atom is 0.248 e. The minimum absolute atomic E-state index is 0.0253. The fraction of sp³-hybridized carbons (Fsp3) is 0.688. The lowest BCUT2D eigenvalue weighted by Crippen LogP contribution is -2.47. The summed E-state index contributed by atoms with van der Waals surface area (Å²) in [6, 6.07) is 5.35. The highest BCUT2D eigenvalue weighted by Gasteiger charge is 2.27. The van der Waals surface area contributed by atoms with Crippen LogP contribution in [0.3, 0.4) is 0 Å². The van der Waals surface area contributed by atoms with Gasteiger partial charge in [-0.25, -0.2) is 0 Å². The van der Waals surface area contributed by atoms with Gasteiger partial charge in [0.2, 0.25) is 5.56 Å². The second kappa shape index (κ2) is 5.70. The molecule has 1 saturated heterocycles. The summed E-state index contributed by atoms with van der Waals surface area (Å²) in [4.78, 5) is 16.9. The molecular weight excluding hydrogens is 250 g/mol. The highest BCUT2D eigenvalue weighted by Crippen LogP contribution is 2.29. The standard InChI is InChI=1S/C16H25N3O/c1-11-10-12(8-9-19(11)2)17-14-4-3-5-15-13(14)6-7-16(20)18-15/h6-7,11-12,14,17H,3-5,8-10H2,1-2H3,(H,18,20). The number of likely N-dealkylation sites (tertiary alicyclic amines) is 1. The molecule has 1 aliphatic carbocycles. The summed E-state index contributed by atoms with van der Waals surface area (Å²) in [6.07, 6.45) is 5.78. The molecule has 4 heteroatoms. The molecular formula is C16H25N3O. The minimum atomic E-state index is 0.0253. The molecule has 20 heavy (non-hydrogen) atoms. The number of hydrogen-bond acceptors (Lipinski definition) is 3. The van der Waals surface area contributed by atoms with Crippen LogP contribution in [0.5, 0.6) is 0 Å². The van der Waals surface area contributed by atoms with Gasteiger partial charge in [-0.1, -0.05) is 6.07 Å². The summed E-state index contributed by atoms with van der Waals surface area (Å²) in [7, 11) is 2.21. The van der Waals surface area contributed by atoms with Crippen LogP contribution in [-0.2, 0) is 6.42 Å². The van der Waals surface area contributed by atoms with Crippen LogP contribution in [0.15, 0.2) is 16.9 Å². The monoisotopic (exact) mass is 275 g/mol. The van der Waals surface area contributed by atoms with E-state index in [2.05, 4.69) is 29.2 Å². The molecule has 2 heterocycles. The Kier molecular flexibility index (Phi) is 3.94. The molecule has 1 aromatic rings. The van der Waals surface area contributed by atoms with E-state index >= 15 is 0 Å². The molecule has 1 fully saturated rings. The average molecular weight is 275 g/mol. The van der Waals surface area contributed by atoms with Crippen molar-refractivity contribution < 1.29 is 0 Å². The predicted molar refractivity (Wildman–Crippen MR) is 81.0 cm³/mol. The molecule has 4 nitrogen and oxygen atoms in total. The Labute approximate surface area is 120 Å². The molecule has 2 aliphatic rings. The molecule has 3 rings (SSSR count). The zero-order chi connectivity index (χ0) is 14.1. The first-order chi connectivity index (χ1) is 9.63. The second-order valence-electron chi connectivity index (χ2n) is 6.42. The van der Waals surface area contributed by atoms with Crippen molar-refractivity contribution in [2.45, 2.75) is 57.2 Å². The number of hydrogen-bond donors (Lipinski definition) is 2. The number of aromatic amines is 1. The number of fused-ring (bicyclic) bond motifs is 1. The van der Waals surface area contributed by atoms with Crippen molar-refractivity contribution in [1.29, 1.82) is 0 Å². The number of rotatable bonds is 2. The van der Waals surface area contributed by atoms with E-state index in [1.807, 2.05) is 6.07 Å². The number of piperidine rings is 1. The SMILES string of the molecule is CC1CC(NC2CCCc3[nH]c(=O)ccc32)CCN1C. The molecule has 1 aromatic heterocycles. The van der Waals surface area contributed by atoms with Gasteiger partial charge in [-0.15, -0.1) is 0 Å². The maximum atomic E-state index is 11.4. The Morgan fingerprint density at radius 3 is 3.00 bits per heavy atom. The van der Waals surface area contributed by atoms with Crippen molar-refractivity contribution in [3.63, 3.8) is 0 Å². The lowest BCUT2D eigenvalue weighted by Gasteiger charge is -2.38. The lowest BCUT2D eigenvalue weighted by molar-refractivity contribution is 0.160. The van der Waals surface area contributed by atoms with Crippen molar-refractivity contribution in [3.8, 4) is 0 Å². The molecule has 1 aliphatic heterocycles. The third kappa shape index (κ3) is 2.81. The van der Waals surface area contributed by atoms with Crippen molar-refractivity contribution in [1.82, 2.24) is 15.2 Å². The Hall–Kier alpha value is -1.13. The Balaban J connectivity index is 1.72. The first-order valence-electron chi connectivity index (χ1n) is 7.82. The summed E-state index contributed by atoms with van der Waals surface area (Å²) >= 11 is 0. The van der Waals surface area contributed by atoms with E-state index in [9.17, 15) is 4.79 Å². The summed E-state index contributed by atoms with van der Waals surface area (Å²) < 4.78 is 0. The van der Waals surface area contributed by atoms with Crippen molar-refractivity contribution in [2.75, 3.05) is 13.6 Å². The number of pyridine rings is 1. The van der Waals surface area contributed by atoms with E-state index in [1.54, 1.807) is 6.07 Å². The zero-order valence-corrected chi connectivity index (χ0v) is 12.5. The smallest absolute Gasteiger partial charge is 0.248 e. The molecule has 0 radical (unpaired) electrons. The van der Waals surface area contributed by atoms with Gasteiger partial charge in [-0.3, -0.25) is 4.79 Å². The first-order valence-corrected chi connectivity index (χ1v) is 7.82. The Morgan fingerprint density at radius 1 is 1.35 bits per heavy atom. The summed E-state index contributed by atoms with van der Waals surface area (Å²) in [5.74, 6) is 0. The van der Waals surface area contributed by atoms with Crippen LogP contribution in [0.1, 0.15) is 49.9 Å². The fourth-order valence-corrected chi connectivity index (χ4v) is 3.60. The predicted octanol–water partition coefficient (Wildman–Crippen LogP) is 1.82. The average Bonchev–Trinajstić information content (AvgIpc) is 2.43. The topological polar surface area (TPSA) is 48.1 Å². The van der Waals surface area contributed by atoms with Crippen molar-refractivity contribution in [2.24, 2.45) is 0 Å². The summed E-state index contributed by atoms with van der Waals surface area (Å²) in [5, 5.41) is 3.84. The molecule has 110 valence electrons. The van der Waals surface area contributed by atoms with Gasteiger partial charge in [0.25, 0.3) is 0 Å². The van der Waals surface area contributed by atoms with Crippen molar-refractivity contribution >= 4 is 0 Å². The normalized spacial score (nSPS) is 31.0. The van der Waals surface area contributed by atoms with Crippen LogP contribution in [-0.4, -0.2) is 35.6 Å². The first kappa shape index (κ1) is 13.8. The number of nitrogens with zero attached hydrogens (tertiary/aromatic N) is 1. The van der Waals surface area contributed by atoms with Crippen molar-refractivity contribution in [3.05, 3.63) is 33.7 Å². The number of nitrogens with one attached hydrogen (secondary N) is 2. The molecule has 2 N–H and O–H groups in total. The van der Waals surface area contributed by atoms with E-state index in [4.69, 9.17) is 0 Å². The maximum absolute atomic E-state index is 11.4. The zero-order valence-electron chi connectivity index (χ0n) is 12.5. The van der Waals surface area contributed by atoms with Crippen LogP contribution in [0.2, 0.25) is 0 Å². The van der Waals surface area contributed by atoms with Gasteiger partial charge in [-0.2, -0.15) is 0 Å². The fourth-order valence-electron chi connectivity index (χ4n) is 3.60. The van der Waals surface area contributed by atoms with E-state index in [-0.39, 0.29) is 5.56 Å². The van der Waals surface area contributed by atoms with Gasteiger partial charge in [0, 0.05) is 29.9 Å². The third-order valence-electron chi connectivity index (χ3n) is 4.98. The Morgan fingerprint density at radius 2 is 2.20 bits per heavy atom. The number of aromatic nitrogens is 1.